The molecule has 21 rings (SSSR count). The SMILES string of the molecule is c1ccc(-c2ccccc2N2c3cc4c(cc3B3c5ccccc5N(c5ccccc5)c5cc(N(c6ccccc6)c6ccccc6)cc2c53)B2c3ccccc3N(c3c(-c5ccccc5)cccc3-c3ccccc3)c3cc(N(c5ccccc5)c5c(-c6ccccc6)cccc5-c5ccccc5)cc(c32)S4)cc1. The molecular formula is C102H69B2N5S. The van der Waals surface area contributed by atoms with Crippen molar-refractivity contribution in [1.29, 1.82) is 0 Å². The van der Waals surface area contributed by atoms with E-state index in [0.717, 1.165) is 141 Å². The van der Waals surface area contributed by atoms with E-state index in [1.54, 1.807) is 0 Å². The lowest BCUT2D eigenvalue weighted by Crippen LogP contribution is -2.64. The van der Waals surface area contributed by atoms with Crippen LogP contribution >= 0.6 is 11.8 Å². The lowest BCUT2D eigenvalue weighted by Gasteiger charge is -2.46. The maximum atomic E-state index is 2.67. The van der Waals surface area contributed by atoms with E-state index in [1.807, 2.05) is 11.8 Å². The molecule has 110 heavy (non-hydrogen) atoms. The van der Waals surface area contributed by atoms with Crippen LogP contribution in [0.3, 0.4) is 0 Å². The normalized spacial score (nSPS) is 12.6. The fourth-order valence-corrected chi connectivity index (χ4v) is 19.0. The van der Waals surface area contributed by atoms with Crippen molar-refractivity contribution in [1.82, 2.24) is 0 Å². The second kappa shape index (κ2) is 27.2. The number of hydrogen-bond donors (Lipinski definition) is 0. The molecule has 0 atom stereocenters. The van der Waals surface area contributed by atoms with Gasteiger partial charge in [0.1, 0.15) is 0 Å². The minimum Gasteiger partial charge on any atom is -0.311 e. The molecule has 0 radical (unpaired) electrons. The van der Waals surface area contributed by atoms with Crippen molar-refractivity contribution in [3.8, 4) is 55.6 Å². The zero-order chi connectivity index (χ0) is 72.6. The summed E-state index contributed by atoms with van der Waals surface area (Å²) >= 11 is 1.91. The molecule has 5 nitrogen and oxygen atoms in total. The van der Waals surface area contributed by atoms with Crippen LogP contribution in [0.15, 0.2) is 428 Å². The van der Waals surface area contributed by atoms with E-state index in [0.29, 0.717) is 0 Å². The van der Waals surface area contributed by atoms with Crippen LogP contribution in [-0.4, -0.2) is 13.4 Å². The number of benzene rings is 17. The standard InChI is InChI=1S/C102H69B2N5S/c1-10-36-70(37-11-1)81-54-28-31-61-90(81)108-93-69-97-89(68-88(93)103-86-59-29-32-62-91(86)107(78-52-26-9-27-53-78)94-64-79(65-95(108)99(94)103)105(75-46-20-6-21-47-75)76-48-22-7-23-49-76)104-87-60-30-33-63-92(87)109(102-84(73-42-16-4-17-43-73)57-35-58-85(102)74-44-18-5-19-45-74)96-66-80(67-98(110-97)100(96)104)106(77-50-24-8-25-51-77)101-82(71-38-12-2-13-39-71)55-34-56-83(101)72-40-14-3-15-41-72/h1-69H. The van der Waals surface area contributed by atoms with Gasteiger partial charge in [-0.3, -0.25) is 0 Å². The summed E-state index contributed by atoms with van der Waals surface area (Å²) in [7, 11) is 0. The maximum Gasteiger partial charge on any atom is 0.252 e. The van der Waals surface area contributed by atoms with Crippen LogP contribution in [0.4, 0.5) is 85.3 Å². The highest BCUT2D eigenvalue weighted by Gasteiger charge is 2.48. The monoisotopic (exact) mass is 1420 g/mol. The van der Waals surface area contributed by atoms with E-state index in [1.165, 1.54) is 42.6 Å². The first-order valence-corrected chi connectivity index (χ1v) is 38.7. The lowest BCUT2D eigenvalue weighted by molar-refractivity contribution is 1.22. The van der Waals surface area contributed by atoms with Gasteiger partial charge in [0, 0.05) is 100 Å². The number of fused-ring (bicyclic) bond motifs is 8. The molecule has 4 aliphatic heterocycles. The maximum absolute atomic E-state index is 2.67. The van der Waals surface area contributed by atoms with Crippen LogP contribution in [0.2, 0.25) is 0 Å². The van der Waals surface area contributed by atoms with Crippen molar-refractivity contribution in [2.24, 2.45) is 0 Å². The highest BCUT2D eigenvalue weighted by Crippen LogP contribution is 2.56. The van der Waals surface area contributed by atoms with Gasteiger partial charge in [-0.1, -0.05) is 339 Å². The predicted molar refractivity (Wildman–Crippen MR) is 467 cm³/mol. The van der Waals surface area contributed by atoms with Gasteiger partial charge in [-0.25, -0.2) is 0 Å². The van der Waals surface area contributed by atoms with Gasteiger partial charge in [0.2, 0.25) is 6.71 Å². The van der Waals surface area contributed by atoms with Crippen LogP contribution in [0.5, 0.6) is 0 Å². The summed E-state index contributed by atoms with van der Waals surface area (Å²) in [5, 5.41) is 0. The summed E-state index contributed by atoms with van der Waals surface area (Å²) in [4.78, 5) is 15.2. The summed E-state index contributed by atoms with van der Waals surface area (Å²) < 4.78 is 0. The first-order chi connectivity index (χ1) is 54.6. The summed E-state index contributed by atoms with van der Waals surface area (Å²) in [5.74, 6) is 0. The van der Waals surface area contributed by atoms with E-state index in [2.05, 4.69) is 443 Å². The van der Waals surface area contributed by atoms with Crippen molar-refractivity contribution >= 4 is 143 Å². The molecule has 4 heterocycles. The van der Waals surface area contributed by atoms with E-state index in [4.69, 9.17) is 0 Å². The molecule has 0 bridgehead atoms. The lowest BCUT2D eigenvalue weighted by atomic mass is 9.31. The highest BCUT2D eigenvalue weighted by molar-refractivity contribution is 8.00. The molecule has 514 valence electrons. The molecule has 17 aromatic rings. The van der Waals surface area contributed by atoms with Gasteiger partial charge < -0.3 is 24.5 Å². The molecule has 4 aliphatic rings. The topological polar surface area (TPSA) is 16.2 Å². The summed E-state index contributed by atoms with van der Waals surface area (Å²) in [5.41, 5.74) is 35.4. The Morgan fingerprint density at radius 1 is 0.209 bits per heavy atom. The Labute approximate surface area is 647 Å². The third kappa shape index (κ3) is 10.8. The third-order valence-electron chi connectivity index (χ3n) is 22.4. The second-order valence-corrected chi connectivity index (χ2v) is 29.7. The Bertz CT molecular complexity index is 6180. The molecule has 17 aromatic carbocycles. The molecule has 0 amide bonds. The number of hydrogen-bond acceptors (Lipinski definition) is 6. The molecule has 0 aliphatic carbocycles. The third-order valence-corrected chi connectivity index (χ3v) is 23.5. The highest BCUT2D eigenvalue weighted by atomic mass is 32.2. The fourth-order valence-electron chi connectivity index (χ4n) is 17.8. The fraction of sp³-hybridized carbons (Fsp3) is 0. The summed E-state index contributed by atoms with van der Waals surface area (Å²) in [6.45, 7) is -0.419. The van der Waals surface area contributed by atoms with Crippen molar-refractivity contribution < 1.29 is 0 Å². The first kappa shape index (κ1) is 64.6. The zero-order valence-corrected chi connectivity index (χ0v) is 61.0. The largest absolute Gasteiger partial charge is 0.311 e. The van der Waals surface area contributed by atoms with Crippen LogP contribution < -0.4 is 57.3 Å². The molecule has 0 spiro atoms. The minimum absolute atomic E-state index is 0.203. The average molecular weight is 1420 g/mol. The smallest absolute Gasteiger partial charge is 0.252 e. The van der Waals surface area contributed by atoms with Crippen LogP contribution in [-0.2, 0) is 0 Å². The van der Waals surface area contributed by atoms with E-state index in [9.17, 15) is 0 Å². The first-order valence-electron chi connectivity index (χ1n) is 37.9. The van der Waals surface area contributed by atoms with Crippen molar-refractivity contribution in [3.63, 3.8) is 0 Å². The summed E-state index contributed by atoms with van der Waals surface area (Å²) in [6.07, 6.45) is 0. The van der Waals surface area contributed by atoms with Crippen LogP contribution in [0.25, 0.3) is 55.6 Å². The molecule has 0 unspecified atom stereocenters. The average Bonchev–Trinajstić information content (AvgIpc) is 0.687. The molecule has 8 heteroatoms. The van der Waals surface area contributed by atoms with Gasteiger partial charge in [-0.15, -0.1) is 0 Å². The Morgan fingerprint density at radius 3 is 1.08 bits per heavy atom. The predicted octanol–water partition coefficient (Wildman–Crippen LogP) is 23.8. The van der Waals surface area contributed by atoms with Gasteiger partial charge >= 0.3 is 0 Å². The molecule has 0 saturated carbocycles. The van der Waals surface area contributed by atoms with Crippen molar-refractivity contribution in [2.45, 2.75) is 9.79 Å². The summed E-state index contributed by atoms with van der Waals surface area (Å²) in [6, 6.07) is 155. The molecule has 0 N–H and O–H groups in total. The second-order valence-electron chi connectivity index (χ2n) is 28.6. The Hall–Kier alpha value is -13.8. The van der Waals surface area contributed by atoms with E-state index in [-0.39, 0.29) is 13.4 Å². The molecule has 0 saturated heterocycles. The molecule has 0 fully saturated rings. The number of para-hydroxylation sites is 9. The quantitative estimate of drug-likeness (QED) is 0.100. The minimum atomic E-state index is -0.216. The van der Waals surface area contributed by atoms with Gasteiger partial charge in [0.15, 0.2) is 0 Å². The van der Waals surface area contributed by atoms with Gasteiger partial charge in [-0.05, 0) is 152 Å². The van der Waals surface area contributed by atoms with Crippen LogP contribution in [0, 0.1) is 0 Å². The molecular weight excluding hydrogens is 1350 g/mol. The van der Waals surface area contributed by atoms with Crippen LogP contribution in [0.1, 0.15) is 0 Å². The number of rotatable bonds is 14. The number of nitrogens with zero attached hydrogens (tertiary/aromatic N) is 5. The van der Waals surface area contributed by atoms with Crippen molar-refractivity contribution in [3.05, 3.63) is 419 Å². The molecule has 0 aromatic heterocycles. The van der Waals surface area contributed by atoms with Crippen molar-refractivity contribution in [2.75, 3.05) is 24.5 Å². The van der Waals surface area contributed by atoms with Gasteiger partial charge in [0.05, 0.1) is 22.7 Å². The van der Waals surface area contributed by atoms with E-state index >= 15 is 0 Å². The van der Waals surface area contributed by atoms with E-state index < -0.39 is 0 Å². The van der Waals surface area contributed by atoms with Gasteiger partial charge in [-0.2, -0.15) is 0 Å². The Morgan fingerprint density at radius 2 is 0.573 bits per heavy atom. The number of anilines is 15. The Kier molecular flexibility index (Phi) is 16.0. The van der Waals surface area contributed by atoms with Gasteiger partial charge in [0.25, 0.3) is 6.71 Å². The Balaban J connectivity index is 0.881. The zero-order valence-electron chi connectivity index (χ0n) is 60.1.